The van der Waals surface area contributed by atoms with Crippen LogP contribution in [0.25, 0.3) is 28.5 Å². The van der Waals surface area contributed by atoms with Crippen molar-refractivity contribution < 1.29 is 0 Å². The maximum atomic E-state index is 4.15. The highest BCUT2D eigenvalue weighted by Gasteiger charge is 2.10. The summed E-state index contributed by atoms with van der Waals surface area (Å²) < 4.78 is 0. The highest BCUT2D eigenvalue weighted by atomic mass is 14.1. The van der Waals surface area contributed by atoms with E-state index >= 15 is 0 Å². The molecule has 0 spiro atoms. The fraction of sp³-hybridized carbons (Fsp3) is 0.158. The number of rotatable bonds is 3. The van der Waals surface area contributed by atoms with Crippen LogP contribution in [-0.4, -0.2) is 0 Å². The Hall–Kier alpha value is -2.08. The van der Waals surface area contributed by atoms with Crippen LogP contribution < -0.4 is 0 Å². The Bertz CT molecular complexity index is 685. The van der Waals surface area contributed by atoms with Gasteiger partial charge in [0.05, 0.1) is 0 Å². The molecule has 2 aromatic rings. The monoisotopic (exact) mass is 248 g/mol. The number of fused-ring (bicyclic) bond motifs is 1. The molecule has 0 aliphatic rings. The van der Waals surface area contributed by atoms with Gasteiger partial charge in [0.2, 0.25) is 0 Å². The molecule has 19 heavy (non-hydrogen) atoms. The van der Waals surface area contributed by atoms with Crippen molar-refractivity contribution in [1.29, 1.82) is 0 Å². The van der Waals surface area contributed by atoms with E-state index in [1.54, 1.807) is 0 Å². The third kappa shape index (κ3) is 2.39. The van der Waals surface area contributed by atoms with Gasteiger partial charge in [0.25, 0.3) is 0 Å². The van der Waals surface area contributed by atoms with Crippen molar-refractivity contribution in [2.45, 2.75) is 20.8 Å². The summed E-state index contributed by atoms with van der Waals surface area (Å²) in [5.41, 5.74) is 5.97. The highest BCUT2D eigenvalue weighted by Crippen LogP contribution is 2.32. The molecule has 0 atom stereocenters. The molecule has 2 rings (SSSR count). The molecule has 0 fully saturated rings. The normalized spacial score (nSPS) is 11.1. The molecule has 0 aliphatic carbocycles. The van der Waals surface area contributed by atoms with Gasteiger partial charge in [0.1, 0.15) is 0 Å². The van der Waals surface area contributed by atoms with E-state index in [0.717, 1.165) is 5.57 Å². The second kappa shape index (κ2) is 5.27. The van der Waals surface area contributed by atoms with Gasteiger partial charge in [-0.2, -0.15) is 0 Å². The summed E-state index contributed by atoms with van der Waals surface area (Å²) in [7, 11) is 0. The first-order chi connectivity index (χ1) is 9.08. The molecule has 0 amide bonds. The lowest BCUT2D eigenvalue weighted by molar-refractivity contribution is 1.48. The Balaban J connectivity index is 2.99. The minimum absolute atomic E-state index is 1.09. The Kier molecular flexibility index (Phi) is 3.71. The first-order valence-corrected chi connectivity index (χ1v) is 6.57. The zero-order valence-electron chi connectivity index (χ0n) is 12.0. The van der Waals surface area contributed by atoms with E-state index in [2.05, 4.69) is 63.4 Å². The average Bonchev–Trinajstić information content (AvgIpc) is 2.37. The van der Waals surface area contributed by atoms with E-state index in [1.807, 2.05) is 13.0 Å². The van der Waals surface area contributed by atoms with E-state index in [-0.39, 0.29) is 0 Å². The summed E-state index contributed by atoms with van der Waals surface area (Å²) >= 11 is 0. The quantitative estimate of drug-likeness (QED) is 0.638. The van der Waals surface area contributed by atoms with Crippen LogP contribution in [0.2, 0.25) is 0 Å². The SMILES string of the molecule is C=Cc1cc(C)cc2ccc(/C=C\C)c(C(=C)C)c12. The minimum Gasteiger partial charge on any atom is -0.0984 e. The molecule has 0 N–H and O–H groups in total. The van der Waals surface area contributed by atoms with Gasteiger partial charge in [0, 0.05) is 0 Å². The second-order valence-corrected chi connectivity index (χ2v) is 4.97. The maximum absolute atomic E-state index is 4.15. The number of benzene rings is 2. The van der Waals surface area contributed by atoms with E-state index in [0.29, 0.717) is 0 Å². The molecule has 0 saturated carbocycles. The second-order valence-electron chi connectivity index (χ2n) is 4.97. The summed E-state index contributed by atoms with van der Waals surface area (Å²) in [6.45, 7) is 14.3. The molecule has 96 valence electrons. The Morgan fingerprint density at radius 3 is 2.47 bits per heavy atom. The van der Waals surface area contributed by atoms with E-state index in [9.17, 15) is 0 Å². The molecule has 0 aliphatic heterocycles. The van der Waals surface area contributed by atoms with Crippen molar-refractivity contribution in [2.24, 2.45) is 0 Å². The smallest absolute Gasteiger partial charge is 0.00304 e. The summed E-state index contributed by atoms with van der Waals surface area (Å²) in [5, 5.41) is 2.50. The van der Waals surface area contributed by atoms with Crippen LogP contribution in [0.4, 0.5) is 0 Å². The summed E-state index contributed by atoms with van der Waals surface area (Å²) in [6.07, 6.45) is 6.13. The standard InChI is InChI=1S/C19H20/c1-6-8-16-9-10-17-12-14(5)11-15(7-2)19(17)18(16)13(3)4/h6-12H,2-3H2,1,4-5H3/b8-6-. The Morgan fingerprint density at radius 2 is 1.89 bits per heavy atom. The zero-order chi connectivity index (χ0) is 14.0. The van der Waals surface area contributed by atoms with Crippen molar-refractivity contribution in [1.82, 2.24) is 0 Å². The predicted octanol–water partition coefficient (Wildman–Crippen LogP) is 5.86. The van der Waals surface area contributed by atoms with Gasteiger partial charge in [-0.1, -0.05) is 55.7 Å². The van der Waals surface area contributed by atoms with Crippen LogP contribution in [0.1, 0.15) is 36.1 Å². The van der Waals surface area contributed by atoms with Gasteiger partial charge in [0.15, 0.2) is 0 Å². The van der Waals surface area contributed by atoms with E-state index < -0.39 is 0 Å². The molecule has 0 heteroatoms. The largest absolute Gasteiger partial charge is 0.0984 e. The van der Waals surface area contributed by atoms with Crippen molar-refractivity contribution in [3.05, 3.63) is 65.8 Å². The number of hydrogen-bond donors (Lipinski definition) is 0. The zero-order valence-corrected chi connectivity index (χ0v) is 12.0. The lowest BCUT2D eigenvalue weighted by Crippen LogP contribution is -1.92. The van der Waals surface area contributed by atoms with Gasteiger partial charge in [-0.05, 0) is 59.4 Å². The van der Waals surface area contributed by atoms with Crippen molar-refractivity contribution in [2.75, 3.05) is 0 Å². The average molecular weight is 248 g/mol. The van der Waals surface area contributed by atoms with Crippen molar-refractivity contribution in [3.8, 4) is 0 Å². The van der Waals surface area contributed by atoms with Gasteiger partial charge >= 0.3 is 0 Å². The topological polar surface area (TPSA) is 0 Å². The lowest BCUT2D eigenvalue weighted by Gasteiger charge is -2.14. The molecule has 0 radical (unpaired) electrons. The molecular weight excluding hydrogens is 228 g/mol. The fourth-order valence-electron chi connectivity index (χ4n) is 2.61. The van der Waals surface area contributed by atoms with Gasteiger partial charge in [-0.25, -0.2) is 0 Å². The molecule has 0 saturated heterocycles. The lowest BCUT2D eigenvalue weighted by atomic mass is 9.90. The third-order valence-electron chi connectivity index (χ3n) is 3.32. The Labute approximate surface area is 115 Å². The van der Waals surface area contributed by atoms with E-state index in [1.165, 1.54) is 33.0 Å². The molecular formula is C19H20. The first kappa shape index (κ1) is 13.4. The van der Waals surface area contributed by atoms with Gasteiger partial charge < -0.3 is 0 Å². The van der Waals surface area contributed by atoms with Crippen LogP contribution >= 0.6 is 0 Å². The molecule has 0 heterocycles. The molecule has 0 bridgehead atoms. The van der Waals surface area contributed by atoms with Gasteiger partial charge in [-0.3, -0.25) is 0 Å². The number of hydrogen-bond acceptors (Lipinski definition) is 0. The van der Waals surface area contributed by atoms with Crippen LogP contribution in [0.5, 0.6) is 0 Å². The predicted molar refractivity (Wildman–Crippen MR) is 88.2 cm³/mol. The van der Waals surface area contributed by atoms with Crippen LogP contribution in [0.3, 0.4) is 0 Å². The highest BCUT2D eigenvalue weighted by molar-refractivity contribution is 6.01. The first-order valence-electron chi connectivity index (χ1n) is 6.57. The number of allylic oxidation sites excluding steroid dienone is 2. The Morgan fingerprint density at radius 1 is 1.16 bits per heavy atom. The van der Waals surface area contributed by atoms with Crippen molar-refractivity contribution >= 4 is 28.5 Å². The minimum atomic E-state index is 1.09. The molecule has 2 aromatic carbocycles. The summed E-state index contributed by atoms with van der Waals surface area (Å²) in [4.78, 5) is 0. The third-order valence-corrected chi connectivity index (χ3v) is 3.32. The van der Waals surface area contributed by atoms with Crippen LogP contribution in [0.15, 0.2) is 43.5 Å². The maximum Gasteiger partial charge on any atom is -0.00304 e. The molecule has 0 unspecified atom stereocenters. The van der Waals surface area contributed by atoms with E-state index in [4.69, 9.17) is 0 Å². The van der Waals surface area contributed by atoms with Crippen molar-refractivity contribution in [3.63, 3.8) is 0 Å². The molecule has 0 nitrogen and oxygen atoms in total. The molecule has 0 aromatic heterocycles. The van der Waals surface area contributed by atoms with Crippen LogP contribution in [-0.2, 0) is 0 Å². The fourth-order valence-corrected chi connectivity index (χ4v) is 2.61. The summed E-state index contributed by atoms with van der Waals surface area (Å²) in [6, 6.07) is 8.74. The number of aryl methyl sites for hydroxylation is 1. The van der Waals surface area contributed by atoms with Crippen LogP contribution in [0, 0.1) is 6.92 Å². The summed E-state index contributed by atoms with van der Waals surface area (Å²) in [5.74, 6) is 0. The van der Waals surface area contributed by atoms with Gasteiger partial charge in [-0.15, -0.1) is 0 Å².